The summed E-state index contributed by atoms with van der Waals surface area (Å²) in [7, 11) is 1.58. The Kier molecular flexibility index (Phi) is 5.95. The Morgan fingerprint density at radius 1 is 1.33 bits per heavy atom. The molecule has 0 atom stereocenters. The molecule has 1 aromatic carbocycles. The molecule has 8 nitrogen and oxygen atoms in total. The zero-order chi connectivity index (χ0) is 19.4. The SMILES string of the molecule is COc1ccc(OC(C)C)c(NC(=O)c2nnn(C3CCNCC3)c2C)c1. The normalized spacial score (nSPS) is 15.0. The van der Waals surface area contributed by atoms with Crippen molar-refractivity contribution in [3.8, 4) is 11.5 Å². The Bertz CT molecular complexity index is 797. The molecule has 0 saturated carbocycles. The van der Waals surface area contributed by atoms with Crippen LogP contribution in [0.4, 0.5) is 5.69 Å². The van der Waals surface area contributed by atoms with Crippen LogP contribution < -0.4 is 20.1 Å². The summed E-state index contributed by atoms with van der Waals surface area (Å²) in [5.74, 6) is 0.911. The average Bonchev–Trinajstić information content (AvgIpc) is 3.05. The second-order valence-electron chi connectivity index (χ2n) is 6.93. The summed E-state index contributed by atoms with van der Waals surface area (Å²) in [6.07, 6.45) is 1.94. The molecular weight excluding hydrogens is 346 g/mol. The van der Waals surface area contributed by atoms with Gasteiger partial charge in [0.25, 0.3) is 5.91 Å². The van der Waals surface area contributed by atoms with Gasteiger partial charge in [0, 0.05) is 6.07 Å². The second kappa shape index (κ2) is 8.39. The van der Waals surface area contributed by atoms with Crippen molar-refractivity contribution in [2.45, 2.75) is 45.8 Å². The van der Waals surface area contributed by atoms with Crippen LogP contribution in [-0.2, 0) is 0 Å². The number of rotatable bonds is 6. The summed E-state index contributed by atoms with van der Waals surface area (Å²) >= 11 is 0. The number of hydrogen-bond donors (Lipinski definition) is 2. The van der Waals surface area contributed by atoms with Crippen LogP contribution in [0, 0.1) is 6.92 Å². The predicted molar refractivity (Wildman–Crippen MR) is 103 cm³/mol. The largest absolute Gasteiger partial charge is 0.497 e. The predicted octanol–water partition coefficient (Wildman–Crippen LogP) is 2.56. The number of aromatic nitrogens is 3. The first kappa shape index (κ1) is 19.2. The van der Waals surface area contributed by atoms with Crippen molar-refractivity contribution >= 4 is 11.6 Å². The molecule has 0 bridgehead atoms. The van der Waals surface area contributed by atoms with E-state index in [9.17, 15) is 4.79 Å². The van der Waals surface area contributed by atoms with Crippen molar-refractivity contribution in [1.82, 2.24) is 20.3 Å². The van der Waals surface area contributed by atoms with Crippen LogP contribution >= 0.6 is 0 Å². The van der Waals surface area contributed by atoms with E-state index >= 15 is 0 Å². The molecule has 2 heterocycles. The fraction of sp³-hybridized carbons (Fsp3) is 0.526. The van der Waals surface area contributed by atoms with E-state index < -0.39 is 0 Å². The van der Waals surface area contributed by atoms with E-state index in [0.717, 1.165) is 31.6 Å². The van der Waals surface area contributed by atoms with Gasteiger partial charge in [-0.05, 0) is 58.8 Å². The van der Waals surface area contributed by atoms with Crippen LogP contribution in [0.1, 0.15) is 48.9 Å². The number of piperidine rings is 1. The Morgan fingerprint density at radius 3 is 2.74 bits per heavy atom. The van der Waals surface area contributed by atoms with E-state index in [4.69, 9.17) is 9.47 Å². The highest BCUT2D eigenvalue weighted by Crippen LogP contribution is 2.30. The third-order valence-corrected chi connectivity index (χ3v) is 4.59. The van der Waals surface area contributed by atoms with Gasteiger partial charge in [0.2, 0.25) is 0 Å². The highest BCUT2D eigenvalue weighted by atomic mass is 16.5. The fourth-order valence-electron chi connectivity index (χ4n) is 3.22. The molecule has 1 aliphatic heterocycles. The lowest BCUT2D eigenvalue weighted by Crippen LogP contribution is -2.30. The maximum Gasteiger partial charge on any atom is 0.278 e. The smallest absolute Gasteiger partial charge is 0.278 e. The lowest BCUT2D eigenvalue weighted by atomic mass is 10.1. The first-order chi connectivity index (χ1) is 13.0. The summed E-state index contributed by atoms with van der Waals surface area (Å²) in [6, 6.07) is 5.60. The Morgan fingerprint density at radius 2 is 2.07 bits per heavy atom. The van der Waals surface area contributed by atoms with Crippen molar-refractivity contribution < 1.29 is 14.3 Å². The number of methoxy groups -OCH3 is 1. The van der Waals surface area contributed by atoms with E-state index in [-0.39, 0.29) is 18.1 Å². The van der Waals surface area contributed by atoms with Crippen molar-refractivity contribution in [2.24, 2.45) is 0 Å². The molecule has 8 heteroatoms. The second-order valence-corrected chi connectivity index (χ2v) is 6.93. The number of nitrogens with zero attached hydrogens (tertiary/aromatic N) is 3. The van der Waals surface area contributed by atoms with Crippen LogP contribution in [0.2, 0.25) is 0 Å². The Hall–Kier alpha value is -2.61. The number of carbonyl (C=O) groups excluding carboxylic acids is 1. The van der Waals surface area contributed by atoms with Gasteiger partial charge < -0.3 is 20.1 Å². The third-order valence-electron chi connectivity index (χ3n) is 4.59. The molecule has 3 rings (SSSR count). The number of hydrogen-bond acceptors (Lipinski definition) is 6. The average molecular weight is 373 g/mol. The molecule has 0 unspecified atom stereocenters. The molecular formula is C19H27N5O3. The summed E-state index contributed by atoms with van der Waals surface area (Å²) in [5, 5.41) is 14.6. The molecule has 2 aromatic rings. The first-order valence-electron chi connectivity index (χ1n) is 9.28. The van der Waals surface area contributed by atoms with Gasteiger partial charge in [-0.15, -0.1) is 5.10 Å². The van der Waals surface area contributed by atoms with Crippen LogP contribution in [0.15, 0.2) is 18.2 Å². The van der Waals surface area contributed by atoms with Gasteiger partial charge in [-0.2, -0.15) is 0 Å². The van der Waals surface area contributed by atoms with Crippen LogP contribution in [0.25, 0.3) is 0 Å². The topological polar surface area (TPSA) is 90.3 Å². The van der Waals surface area contributed by atoms with E-state index in [1.165, 1.54) is 0 Å². The number of benzene rings is 1. The molecule has 0 spiro atoms. The van der Waals surface area contributed by atoms with E-state index in [1.807, 2.05) is 25.5 Å². The highest BCUT2D eigenvalue weighted by molar-refractivity contribution is 6.04. The Balaban J connectivity index is 1.82. The summed E-state index contributed by atoms with van der Waals surface area (Å²) < 4.78 is 12.9. The standard InChI is InChI=1S/C19H27N5O3/c1-12(2)27-17-6-5-15(26-4)11-16(17)21-19(25)18-13(3)24(23-22-18)14-7-9-20-10-8-14/h5-6,11-12,14,20H,7-10H2,1-4H3,(H,21,25). The molecule has 1 saturated heterocycles. The lowest BCUT2D eigenvalue weighted by Gasteiger charge is -2.23. The number of carbonyl (C=O) groups is 1. The van der Waals surface area contributed by atoms with Crippen LogP contribution in [0.5, 0.6) is 11.5 Å². The molecule has 146 valence electrons. The first-order valence-corrected chi connectivity index (χ1v) is 9.28. The maximum absolute atomic E-state index is 12.8. The monoisotopic (exact) mass is 373 g/mol. The molecule has 1 aromatic heterocycles. The van der Waals surface area contributed by atoms with Gasteiger partial charge >= 0.3 is 0 Å². The van der Waals surface area contributed by atoms with Gasteiger partial charge in [-0.1, -0.05) is 5.21 Å². The lowest BCUT2D eigenvalue weighted by molar-refractivity contribution is 0.102. The van der Waals surface area contributed by atoms with Crippen LogP contribution in [0.3, 0.4) is 0 Å². The van der Waals surface area contributed by atoms with Gasteiger partial charge in [0.15, 0.2) is 5.69 Å². The number of nitrogens with one attached hydrogen (secondary N) is 2. The quantitative estimate of drug-likeness (QED) is 0.809. The number of anilines is 1. The zero-order valence-electron chi connectivity index (χ0n) is 16.3. The zero-order valence-corrected chi connectivity index (χ0v) is 16.3. The summed E-state index contributed by atoms with van der Waals surface area (Å²) in [5.41, 5.74) is 1.64. The minimum atomic E-state index is -0.311. The van der Waals surface area contributed by atoms with Crippen molar-refractivity contribution in [1.29, 1.82) is 0 Å². The van der Waals surface area contributed by atoms with E-state index in [1.54, 1.807) is 25.3 Å². The van der Waals surface area contributed by atoms with Crippen molar-refractivity contribution in [2.75, 3.05) is 25.5 Å². The fourth-order valence-corrected chi connectivity index (χ4v) is 3.22. The van der Waals surface area contributed by atoms with Gasteiger partial charge in [-0.3, -0.25) is 4.79 Å². The minimum absolute atomic E-state index is 0.0171. The molecule has 2 N–H and O–H groups in total. The van der Waals surface area contributed by atoms with Gasteiger partial charge in [-0.25, -0.2) is 4.68 Å². The Labute approximate surface area is 159 Å². The van der Waals surface area contributed by atoms with E-state index in [2.05, 4.69) is 20.9 Å². The van der Waals surface area contributed by atoms with E-state index in [0.29, 0.717) is 22.9 Å². The summed E-state index contributed by atoms with van der Waals surface area (Å²) in [4.78, 5) is 12.8. The summed E-state index contributed by atoms with van der Waals surface area (Å²) in [6.45, 7) is 7.65. The molecule has 1 aliphatic rings. The minimum Gasteiger partial charge on any atom is -0.497 e. The molecule has 0 aliphatic carbocycles. The molecule has 1 fully saturated rings. The van der Waals surface area contributed by atoms with Crippen LogP contribution in [-0.4, -0.2) is 47.2 Å². The highest BCUT2D eigenvalue weighted by Gasteiger charge is 2.23. The maximum atomic E-state index is 12.8. The molecule has 1 amide bonds. The van der Waals surface area contributed by atoms with Crippen molar-refractivity contribution in [3.05, 3.63) is 29.6 Å². The van der Waals surface area contributed by atoms with Gasteiger partial charge in [0.1, 0.15) is 11.5 Å². The third kappa shape index (κ3) is 4.39. The van der Waals surface area contributed by atoms with Gasteiger partial charge in [0.05, 0.1) is 30.6 Å². The number of ether oxygens (including phenoxy) is 2. The number of amides is 1. The molecule has 0 radical (unpaired) electrons. The molecule has 27 heavy (non-hydrogen) atoms. The van der Waals surface area contributed by atoms with Crippen molar-refractivity contribution in [3.63, 3.8) is 0 Å².